The summed E-state index contributed by atoms with van der Waals surface area (Å²) < 4.78 is 47.0. The van der Waals surface area contributed by atoms with Crippen molar-refractivity contribution < 1.29 is 61.3 Å². The van der Waals surface area contributed by atoms with Gasteiger partial charge in [-0.3, -0.25) is 28.8 Å². The van der Waals surface area contributed by atoms with Gasteiger partial charge in [-0.1, -0.05) is 20.4 Å². The van der Waals surface area contributed by atoms with E-state index in [1.54, 1.807) is 57.6 Å². The molecule has 0 aromatic carbocycles. The standard InChI is InChI=1S/C11H21NO3.C9H15NO3.C7H13NO3.C2HF3O.Al.B.HN/c1-6-9(2)12(8-13)7-10(14)15-11(3,4)5;1-5-10(7-11)6-8(12)13-9(2,3)4;1-3-5(2)8-4-6(9)7(10)11;3-2(4,5)1-6;;;/h8-9H,6-7H2,1-5H3;5,7H,1,6H2,2-4H3;5,8H,3-4H2,1-2H3,(H,10,11);1H;;;1H. The molecule has 0 aliphatic heterocycles. The Morgan fingerprint density at radius 1 is 0.875 bits per heavy atom. The predicted molar refractivity (Wildman–Crippen MR) is 174 cm³/mol. The van der Waals surface area contributed by atoms with Gasteiger partial charge in [-0.25, -0.2) is 4.79 Å². The number of aldehydes is 1. The van der Waals surface area contributed by atoms with Gasteiger partial charge in [-0.2, -0.15) is 13.2 Å². The van der Waals surface area contributed by atoms with Crippen molar-refractivity contribution in [1.82, 2.24) is 15.1 Å². The van der Waals surface area contributed by atoms with Gasteiger partial charge < -0.3 is 29.7 Å². The molecule has 19 heteroatoms. The van der Waals surface area contributed by atoms with Crippen molar-refractivity contribution in [3.8, 4) is 0 Å². The Morgan fingerprint density at radius 3 is 1.52 bits per heavy atom. The number of amides is 2. The van der Waals surface area contributed by atoms with Crippen LogP contribution in [0.5, 0.6) is 0 Å². The summed E-state index contributed by atoms with van der Waals surface area (Å²) in [4.78, 5) is 75.3. The predicted octanol–water partition coefficient (Wildman–Crippen LogP) is 2.83. The average molecular weight is 711 g/mol. The van der Waals surface area contributed by atoms with Crippen LogP contribution in [0.2, 0.25) is 0 Å². The summed E-state index contributed by atoms with van der Waals surface area (Å²) in [6, 6.07) is 0.258. The Morgan fingerprint density at radius 2 is 1.27 bits per heavy atom. The van der Waals surface area contributed by atoms with Gasteiger partial charge in [0.15, 0.2) is 0 Å². The quantitative estimate of drug-likeness (QED) is 0.104. The van der Waals surface area contributed by atoms with Crippen molar-refractivity contribution in [1.29, 1.82) is 4.35 Å². The summed E-state index contributed by atoms with van der Waals surface area (Å²) >= 11 is 1.67. The molecule has 0 rings (SSSR count). The monoisotopic (exact) mass is 710 g/mol. The molecule has 2 amide bonds. The molecule has 274 valence electrons. The van der Waals surface area contributed by atoms with Gasteiger partial charge in [0.1, 0.15) is 24.3 Å². The first-order valence-electron chi connectivity index (χ1n) is 14.1. The molecule has 4 radical (unpaired) electrons. The molecule has 0 fully saturated rings. The Balaban J connectivity index is -0.000000124. The van der Waals surface area contributed by atoms with Crippen molar-refractivity contribution in [2.75, 3.05) is 19.6 Å². The summed E-state index contributed by atoms with van der Waals surface area (Å²) in [5, 5.41) is 11.0. The van der Waals surface area contributed by atoms with Crippen LogP contribution in [0.1, 0.15) is 82.1 Å². The van der Waals surface area contributed by atoms with Crippen LogP contribution in [0, 0.1) is 4.35 Å². The number of halogens is 3. The van der Waals surface area contributed by atoms with Crippen LogP contribution in [0.25, 0.3) is 0 Å². The van der Waals surface area contributed by atoms with E-state index in [0.29, 0.717) is 12.8 Å². The zero-order valence-corrected chi connectivity index (χ0v) is 30.7. The summed E-state index contributed by atoms with van der Waals surface area (Å²) in [7, 11) is 0. The second kappa shape index (κ2) is 30.9. The fourth-order valence-electron chi connectivity index (χ4n) is 2.21. The molecule has 0 heterocycles. The number of carboxylic acids is 1. The number of esters is 2. The number of nitrogens with zero attached hydrogens (tertiary/aromatic N) is 2. The Kier molecular flexibility index (Phi) is 36.6. The van der Waals surface area contributed by atoms with E-state index >= 15 is 0 Å². The van der Waals surface area contributed by atoms with Gasteiger partial charge in [-0.15, -0.1) is 0 Å². The van der Waals surface area contributed by atoms with E-state index in [-0.39, 0.29) is 46.1 Å². The van der Waals surface area contributed by atoms with Crippen molar-refractivity contribution in [3.63, 3.8) is 0 Å². The number of nitrogens with one attached hydrogen (secondary N) is 2. The SMILES string of the molecule is C=CN(C=O)CC(=O)OC(C)(C)C.CCC(C)N(C=O)CC(=O)OC(C)(C)C.CCC(C)NCC(=O)C(=O)O.O=CC(F)(F)F.[B].[NH]=[Al]. The van der Waals surface area contributed by atoms with E-state index in [1.807, 2.05) is 27.7 Å². The van der Waals surface area contributed by atoms with Crippen molar-refractivity contribution in [2.45, 2.75) is 112 Å². The number of Topliss-reactive ketones (excluding diaryl/α,β-unsaturated/α-hetero) is 1. The number of aliphatic carboxylic acids is 1. The Labute approximate surface area is 291 Å². The van der Waals surface area contributed by atoms with Crippen LogP contribution in [-0.4, -0.2) is 131 Å². The third kappa shape index (κ3) is 44.7. The maximum atomic E-state index is 11.4. The number of ketones is 1. The fourth-order valence-corrected chi connectivity index (χ4v) is 2.21. The molecule has 0 aliphatic carbocycles. The second-order valence-electron chi connectivity index (χ2n) is 11.2. The average Bonchev–Trinajstić information content (AvgIpc) is 2.96. The number of hydrogen-bond donors (Lipinski definition) is 3. The van der Waals surface area contributed by atoms with Gasteiger partial charge in [0.2, 0.25) is 19.1 Å². The first kappa shape index (κ1) is 56.9. The molecule has 14 nitrogen and oxygen atoms in total. The Bertz CT molecular complexity index is 955. The maximum absolute atomic E-state index is 11.4. The van der Waals surface area contributed by atoms with Gasteiger partial charge >= 0.3 is 44.5 Å². The molecule has 0 aromatic rings. The molecule has 48 heavy (non-hydrogen) atoms. The summed E-state index contributed by atoms with van der Waals surface area (Å²) in [5.41, 5.74) is -1.02. The number of hydrogen-bond acceptors (Lipinski definition) is 11. The van der Waals surface area contributed by atoms with Gasteiger partial charge in [0.25, 0.3) is 5.78 Å². The molecule has 0 spiro atoms. The molecule has 0 bridgehead atoms. The van der Waals surface area contributed by atoms with Crippen molar-refractivity contribution in [2.24, 2.45) is 0 Å². The van der Waals surface area contributed by atoms with E-state index in [9.17, 15) is 41.9 Å². The second-order valence-corrected chi connectivity index (χ2v) is 11.2. The number of carbonyl (C=O) groups excluding carboxylic acids is 6. The topological polar surface area (TPSA) is 201 Å². The number of rotatable bonds is 14. The van der Waals surface area contributed by atoms with Crippen LogP contribution in [0.4, 0.5) is 13.2 Å². The molecule has 2 atom stereocenters. The first-order chi connectivity index (χ1) is 21.3. The molecule has 3 N–H and O–H groups in total. The molecular weight excluding hydrogens is 659 g/mol. The fraction of sp³-hybridized carbons (Fsp3) is 0.690. The zero-order chi connectivity index (χ0) is 38.6. The van der Waals surface area contributed by atoms with E-state index in [0.717, 1.165) is 17.7 Å². The van der Waals surface area contributed by atoms with Gasteiger partial charge in [0, 0.05) is 20.5 Å². The van der Waals surface area contributed by atoms with Crippen molar-refractivity contribution >= 4 is 67.3 Å². The van der Waals surface area contributed by atoms with E-state index < -0.39 is 41.4 Å². The van der Waals surface area contributed by atoms with Crippen LogP contribution in [0.15, 0.2) is 12.8 Å². The van der Waals surface area contributed by atoms with Crippen LogP contribution < -0.4 is 5.32 Å². The minimum atomic E-state index is -4.64. The third-order valence-corrected chi connectivity index (χ3v) is 4.72. The summed E-state index contributed by atoms with van der Waals surface area (Å²) in [6.07, 6.45) is -1.51. The third-order valence-electron chi connectivity index (χ3n) is 4.72. The number of ether oxygens (including phenoxy) is 2. The minimum absolute atomic E-state index is 0. The van der Waals surface area contributed by atoms with Gasteiger partial charge in [-0.05, 0) is 74.4 Å². The zero-order valence-electron chi connectivity index (χ0n) is 29.5. The summed E-state index contributed by atoms with van der Waals surface area (Å²) in [6.45, 7) is 21.7. The van der Waals surface area contributed by atoms with E-state index in [1.165, 1.54) is 11.1 Å². The van der Waals surface area contributed by atoms with E-state index in [2.05, 4.69) is 11.9 Å². The Hall–Kier alpha value is -3.42. The molecule has 2 unspecified atom stereocenters. The van der Waals surface area contributed by atoms with Crippen LogP contribution >= 0.6 is 0 Å². The summed E-state index contributed by atoms with van der Waals surface area (Å²) in [5.74, 6) is -2.97. The number of carbonyl (C=O) groups is 7. The van der Waals surface area contributed by atoms with Crippen LogP contribution in [-0.2, 0) is 43.0 Å². The van der Waals surface area contributed by atoms with Crippen LogP contribution in [0.3, 0.4) is 0 Å². The van der Waals surface area contributed by atoms with Gasteiger partial charge in [0.05, 0.1) is 6.54 Å². The van der Waals surface area contributed by atoms with Crippen molar-refractivity contribution in [3.05, 3.63) is 12.8 Å². The molecule has 0 aliphatic rings. The molecule has 0 saturated heterocycles. The number of alkyl halides is 3. The molecule has 0 saturated carbocycles. The molecular formula is C29H51AlBF3N4O10. The van der Waals surface area contributed by atoms with E-state index in [4.69, 9.17) is 23.7 Å². The first-order valence-corrected chi connectivity index (χ1v) is 14.7. The number of carboxylic acid groups (broad SMARTS) is 1. The normalized spacial score (nSPS) is 11.2. The molecule has 0 aromatic heterocycles.